The van der Waals surface area contributed by atoms with Crippen molar-refractivity contribution < 1.29 is 19.7 Å². The fraction of sp³-hybridized carbons (Fsp3) is 0.238. The molecule has 0 aliphatic heterocycles. The van der Waals surface area contributed by atoms with Gasteiger partial charge in [-0.05, 0) is 82.2 Å². The largest absolute Gasteiger partial charge is 0.445 e. The van der Waals surface area contributed by atoms with Gasteiger partial charge in [0.05, 0.1) is 19.3 Å². The maximum atomic E-state index is 11.7. The number of nitrogens with one attached hydrogen (secondary N) is 1. The highest BCUT2D eigenvalue weighted by Gasteiger charge is 2.04. The molecule has 0 atom stereocenters. The lowest BCUT2D eigenvalue weighted by Gasteiger charge is -2.08. The number of nitriles is 1. The average molecular weight is 641 g/mol. The van der Waals surface area contributed by atoms with Gasteiger partial charge >= 0.3 is 6.09 Å². The molecule has 0 aromatic heterocycles. The predicted octanol–water partition coefficient (Wildman–Crippen LogP) is 8.79. The van der Waals surface area contributed by atoms with Gasteiger partial charge < -0.3 is 20.3 Å². The second-order valence-corrected chi connectivity index (χ2v) is 11.6. The molecule has 0 heterocycles. The molecule has 6 nitrogen and oxygen atoms in total. The summed E-state index contributed by atoms with van der Waals surface area (Å²) in [5, 5.41) is 29.6. The molecule has 6 heteroatoms. The van der Waals surface area contributed by atoms with Gasteiger partial charge in [-0.1, -0.05) is 127 Å². The van der Waals surface area contributed by atoms with E-state index in [4.69, 9.17) is 20.2 Å². The molecule has 0 saturated carbocycles. The van der Waals surface area contributed by atoms with Crippen LogP contribution in [0, 0.1) is 11.3 Å². The number of alkyl carbamates (subject to hydrolysis) is 1. The zero-order valence-corrected chi connectivity index (χ0v) is 27.4. The normalized spacial score (nSPS) is 10.4. The minimum atomic E-state index is -0.373. The lowest BCUT2D eigenvalue weighted by Crippen LogP contribution is -2.25. The second-order valence-electron chi connectivity index (χ2n) is 11.6. The average Bonchev–Trinajstić information content (AvgIpc) is 3.15. The van der Waals surface area contributed by atoms with Crippen molar-refractivity contribution in [1.29, 1.82) is 5.26 Å². The van der Waals surface area contributed by atoms with E-state index in [1.807, 2.05) is 78.9 Å². The van der Waals surface area contributed by atoms with Crippen molar-refractivity contribution in [2.75, 3.05) is 6.54 Å². The first-order chi connectivity index (χ1) is 23.6. The Bertz CT molecular complexity index is 1710. The van der Waals surface area contributed by atoms with Crippen LogP contribution in [0.1, 0.15) is 53.5 Å². The predicted molar refractivity (Wildman–Crippen MR) is 192 cm³/mol. The van der Waals surface area contributed by atoms with E-state index in [9.17, 15) is 4.79 Å². The number of aliphatic hydroxyl groups is 2. The Kier molecular flexibility index (Phi) is 14.9. The van der Waals surface area contributed by atoms with Crippen molar-refractivity contribution in [3.8, 4) is 28.3 Å². The molecule has 0 aliphatic carbocycles. The highest BCUT2D eigenvalue weighted by molar-refractivity contribution is 5.67. The summed E-state index contributed by atoms with van der Waals surface area (Å²) in [5.74, 6) is 0. The van der Waals surface area contributed by atoms with Crippen molar-refractivity contribution in [1.82, 2.24) is 5.32 Å². The van der Waals surface area contributed by atoms with Crippen molar-refractivity contribution in [2.24, 2.45) is 0 Å². The minimum absolute atomic E-state index is 0.0636. The van der Waals surface area contributed by atoms with Gasteiger partial charge in [0.25, 0.3) is 0 Å². The quantitative estimate of drug-likeness (QED) is 0.105. The van der Waals surface area contributed by atoms with E-state index >= 15 is 0 Å². The summed E-state index contributed by atoms with van der Waals surface area (Å²) in [5.41, 5.74) is 10.0. The van der Waals surface area contributed by atoms with E-state index in [1.165, 1.54) is 22.3 Å². The van der Waals surface area contributed by atoms with E-state index < -0.39 is 0 Å². The maximum Gasteiger partial charge on any atom is 0.407 e. The highest BCUT2D eigenvalue weighted by atomic mass is 16.5. The van der Waals surface area contributed by atoms with Gasteiger partial charge in [0.2, 0.25) is 0 Å². The number of unbranched alkanes of at least 4 members (excludes halogenated alkanes) is 2. The molecule has 0 bridgehead atoms. The number of benzene rings is 5. The standard InChI is InChI=1S/C25H27NO3.C17H17NO/c27-18-21-12-14-23(15-13-21)24-11-6-10-20(17-24)7-4-5-16-26-25(28)29-19-22-8-2-1-3-9-22;18-11-2-1-4-14-5-3-6-17(12-14)16-9-7-15(13-19)8-10-16/h1-3,6,8-15,17,27H,4-5,7,16,18-19H2,(H,26,28);3,5-10,12,19H,1-2,4,13H2. The Morgan fingerprint density at radius 2 is 1.10 bits per heavy atom. The summed E-state index contributed by atoms with van der Waals surface area (Å²) in [6.45, 7) is 1.04. The number of carbonyl (C=O) groups excluding carboxylic acids is 1. The molecule has 0 unspecified atom stereocenters. The van der Waals surface area contributed by atoms with Crippen molar-refractivity contribution >= 4 is 6.09 Å². The summed E-state index contributed by atoms with van der Waals surface area (Å²) in [6.07, 6.45) is 4.93. The van der Waals surface area contributed by atoms with Crippen LogP contribution in [0.25, 0.3) is 22.3 Å². The van der Waals surface area contributed by atoms with Crippen LogP contribution in [0.3, 0.4) is 0 Å². The van der Waals surface area contributed by atoms with Gasteiger partial charge in [0.15, 0.2) is 0 Å². The first-order valence-electron chi connectivity index (χ1n) is 16.5. The first-order valence-corrected chi connectivity index (χ1v) is 16.5. The van der Waals surface area contributed by atoms with Gasteiger partial charge in [-0.3, -0.25) is 0 Å². The Labute approximate surface area is 284 Å². The van der Waals surface area contributed by atoms with E-state index in [0.29, 0.717) is 19.6 Å². The van der Waals surface area contributed by atoms with Crippen LogP contribution in [0.15, 0.2) is 127 Å². The van der Waals surface area contributed by atoms with Crippen molar-refractivity contribution in [3.05, 3.63) is 155 Å². The Morgan fingerprint density at radius 3 is 1.62 bits per heavy atom. The molecule has 246 valence electrons. The third-order valence-electron chi connectivity index (χ3n) is 7.92. The van der Waals surface area contributed by atoms with Crippen LogP contribution in [-0.2, 0) is 37.4 Å². The molecule has 0 aliphatic rings. The Morgan fingerprint density at radius 1 is 0.583 bits per heavy atom. The van der Waals surface area contributed by atoms with E-state index in [2.05, 4.69) is 59.9 Å². The molecular weight excluding hydrogens is 596 g/mol. The lowest BCUT2D eigenvalue weighted by atomic mass is 9.99. The number of aliphatic hydroxyl groups excluding tert-OH is 2. The molecule has 5 rings (SSSR count). The molecule has 5 aromatic carbocycles. The van der Waals surface area contributed by atoms with Crippen LogP contribution >= 0.6 is 0 Å². The summed E-state index contributed by atoms with van der Waals surface area (Å²) in [7, 11) is 0. The minimum Gasteiger partial charge on any atom is -0.445 e. The fourth-order valence-electron chi connectivity index (χ4n) is 5.21. The van der Waals surface area contributed by atoms with Crippen LogP contribution in [0.5, 0.6) is 0 Å². The van der Waals surface area contributed by atoms with Crippen LogP contribution in [0.4, 0.5) is 4.79 Å². The topological polar surface area (TPSA) is 103 Å². The number of amides is 1. The highest BCUT2D eigenvalue weighted by Crippen LogP contribution is 2.23. The molecule has 1 amide bonds. The molecule has 3 N–H and O–H groups in total. The zero-order chi connectivity index (χ0) is 33.8. The molecule has 0 fully saturated rings. The number of hydrogen-bond donors (Lipinski definition) is 3. The van der Waals surface area contributed by atoms with Crippen molar-refractivity contribution in [2.45, 2.75) is 58.3 Å². The number of hydrogen-bond acceptors (Lipinski definition) is 5. The maximum absolute atomic E-state index is 11.7. The van der Waals surface area contributed by atoms with Gasteiger partial charge in [-0.15, -0.1) is 0 Å². The van der Waals surface area contributed by atoms with E-state index in [-0.39, 0.29) is 19.3 Å². The van der Waals surface area contributed by atoms with E-state index in [1.54, 1.807) is 0 Å². The Hall–Kier alpha value is -5.22. The number of carbonyl (C=O) groups is 1. The second kappa shape index (κ2) is 20.1. The number of ether oxygens (including phenoxy) is 1. The van der Waals surface area contributed by atoms with Crippen LogP contribution < -0.4 is 5.32 Å². The van der Waals surface area contributed by atoms with Gasteiger partial charge in [0, 0.05) is 13.0 Å². The molecule has 48 heavy (non-hydrogen) atoms. The molecule has 0 radical (unpaired) electrons. The summed E-state index contributed by atoms with van der Waals surface area (Å²) < 4.78 is 5.21. The number of nitrogens with zero attached hydrogens (tertiary/aromatic N) is 1. The smallest absolute Gasteiger partial charge is 0.407 e. The molecule has 0 spiro atoms. The lowest BCUT2D eigenvalue weighted by molar-refractivity contribution is 0.139. The third kappa shape index (κ3) is 12.2. The SMILES string of the molecule is N#CCCCc1cccc(-c2ccc(CO)cc2)c1.O=C(NCCCCc1cccc(-c2ccc(CO)cc2)c1)OCc1ccccc1. The summed E-state index contributed by atoms with van der Waals surface area (Å²) in [4.78, 5) is 11.7. The summed E-state index contributed by atoms with van der Waals surface area (Å²) in [6, 6.07) is 44.7. The third-order valence-corrected chi connectivity index (χ3v) is 7.92. The fourth-order valence-corrected chi connectivity index (χ4v) is 5.21. The number of rotatable bonds is 14. The molecular formula is C42H44N2O4. The molecule has 0 saturated heterocycles. The zero-order valence-electron chi connectivity index (χ0n) is 27.4. The van der Waals surface area contributed by atoms with Crippen molar-refractivity contribution in [3.63, 3.8) is 0 Å². The van der Waals surface area contributed by atoms with Crippen LogP contribution in [-0.4, -0.2) is 22.9 Å². The monoisotopic (exact) mass is 640 g/mol. The van der Waals surface area contributed by atoms with Gasteiger partial charge in [-0.25, -0.2) is 4.79 Å². The first kappa shape index (κ1) is 35.6. The summed E-state index contributed by atoms with van der Waals surface area (Å²) >= 11 is 0. The van der Waals surface area contributed by atoms with Crippen LogP contribution in [0.2, 0.25) is 0 Å². The number of aryl methyl sites for hydroxylation is 2. The van der Waals surface area contributed by atoms with Gasteiger partial charge in [0.1, 0.15) is 6.61 Å². The van der Waals surface area contributed by atoms with E-state index in [0.717, 1.165) is 59.9 Å². The Balaban J connectivity index is 0.000000237. The van der Waals surface area contributed by atoms with Gasteiger partial charge in [-0.2, -0.15) is 5.26 Å². The molecule has 5 aromatic rings.